The second kappa shape index (κ2) is 9.61. The number of rotatable bonds is 7. The van der Waals surface area contributed by atoms with Crippen molar-refractivity contribution >= 4 is 33.3 Å². The Balaban J connectivity index is 1.75. The van der Waals surface area contributed by atoms with E-state index >= 15 is 0 Å². The summed E-state index contributed by atoms with van der Waals surface area (Å²) in [4.78, 5) is 17.0. The second-order valence-corrected chi connectivity index (χ2v) is 9.62. The molecule has 9 nitrogen and oxygen atoms in total. The van der Waals surface area contributed by atoms with E-state index in [2.05, 4.69) is 25.3 Å². The van der Waals surface area contributed by atoms with Gasteiger partial charge in [-0.3, -0.25) is 4.98 Å². The molecule has 196 valence electrons. The maximum absolute atomic E-state index is 13.5. The van der Waals surface area contributed by atoms with Crippen molar-refractivity contribution in [2.75, 3.05) is 23.8 Å². The number of pyridine rings is 1. The van der Waals surface area contributed by atoms with Crippen LogP contribution in [0.25, 0.3) is 20.8 Å². The van der Waals surface area contributed by atoms with Crippen molar-refractivity contribution in [2.24, 2.45) is 5.92 Å². The minimum atomic E-state index is -5.76. The quantitative estimate of drug-likeness (QED) is 0.290. The molecule has 15 heteroatoms. The molecule has 1 aliphatic rings. The molecule has 0 radical (unpaired) electrons. The second-order valence-electron chi connectivity index (χ2n) is 8.58. The van der Waals surface area contributed by atoms with Gasteiger partial charge in [-0.1, -0.05) is 0 Å². The first kappa shape index (κ1) is 26.3. The summed E-state index contributed by atoms with van der Waals surface area (Å²) in [6.07, 6.45) is -6.51. The number of anilines is 2. The zero-order chi connectivity index (χ0) is 26.4. The highest BCUT2D eigenvalue weighted by Gasteiger charge is 2.57. The number of thiazole rings is 1. The van der Waals surface area contributed by atoms with Crippen LogP contribution >= 0.6 is 11.3 Å². The summed E-state index contributed by atoms with van der Waals surface area (Å²) in [5.74, 6) is -6.12. The van der Waals surface area contributed by atoms with Gasteiger partial charge in [0.1, 0.15) is 22.4 Å². The monoisotopic (exact) mass is 534 g/mol. The molecule has 36 heavy (non-hydrogen) atoms. The molecule has 0 aliphatic heterocycles. The Labute approximate surface area is 205 Å². The molecule has 4 atom stereocenters. The maximum Gasteiger partial charge on any atom is 0.455 e. The molecule has 0 aromatic carbocycles. The molecule has 0 spiro atoms. The molecule has 5 N–H and O–H groups in total. The lowest BCUT2D eigenvalue weighted by atomic mass is 10.1. The molecule has 3 heterocycles. The number of halogens is 5. The van der Waals surface area contributed by atoms with Gasteiger partial charge in [-0.25, -0.2) is 9.97 Å². The molecular weight excluding hydrogens is 511 g/mol. The number of hydrogen-bond acceptors (Lipinski definition) is 10. The molecule has 0 saturated heterocycles. The number of nitrogens with one attached hydrogen (secondary N) is 2. The van der Waals surface area contributed by atoms with Gasteiger partial charge in [-0.05, 0) is 26.3 Å². The molecular formula is C21H23F5N6O3S. The van der Waals surface area contributed by atoms with Gasteiger partial charge in [0.15, 0.2) is 0 Å². The highest BCUT2D eigenvalue weighted by atomic mass is 32.1. The summed E-state index contributed by atoms with van der Waals surface area (Å²) in [7, 11) is 0. The molecule has 3 aromatic heterocycles. The number of aliphatic hydroxyl groups is 3. The van der Waals surface area contributed by atoms with Gasteiger partial charge in [-0.15, -0.1) is 11.3 Å². The predicted octanol–water partition coefficient (Wildman–Crippen LogP) is 2.89. The highest BCUT2D eigenvalue weighted by Crippen LogP contribution is 2.39. The van der Waals surface area contributed by atoms with E-state index in [1.54, 1.807) is 19.2 Å². The first-order valence-corrected chi connectivity index (χ1v) is 11.7. The zero-order valence-electron chi connectivity index (χ0n) is 19.0. The first-order chi connectivity index (χ1) is 16.8. The van der Waals surface area contributed by atoms with E-state index < -0.39 is 48.8 Å². The van der Waals surface area contributed by atoms with E-state index in [0.717, 1.165) is 4.70 Å². The number of alkyl halides is 5. The summed E-state index contributed by atoms with van der Waals surface area (Å²) in [6, 6.07) is 0.956. The normalized spacial score (nSPS) is 22.8. The van der Waals surface area contributed by atoms with Crippen LogP contribution in [-0.2, 0) is 0 Å². The fourth-order valence-electron chi connectivity index (χ4n) is 4.02. The van der Waals surface area contributed by atoms with Crippen LogP contribution in [0, 0.1) is 19.8 Å². The van der Waals surface area contributed by atoms with Crippen LogP contribution in [0.15, 0.2) is 12.3 Å². The first-order valence-electron chi connectivity index (χ1n) is 10.9. The number of aryl methyl sites for hydroxylation is 2. The van der Waals surface area contributed by atoms with Crippen LogP contribution in [0.1, 0.15) is 17.8 Å². The number of nitrogens with zero attached hydrogens (tertiary/aromatic N) is 4. The van der Waals surface area contributed by atoms with Gasteiger partial charge >= 0.3 is 12.1 Å². The van der Waals surface area contributed by atoms with Crippen molar-refractivity contribution in [3.63, 3.8) is 0 Å². The lowest BCUT2D eigenvalue weighted by molar-refractivity contribution is -0.275. The SMILES string of the molecule is Cc1nc(NCC(F)(F)C(F)(F)F)nc(NC2C[C@H](CO)[C@@H](O)[C@H]2O)c1-c1nc2c(C)nccc2s1. The van der Waals surface area contributed by atoms with Gasteiger partial charge in [0.2, 0.25) is 5.95 Å². The van der Waals surface area contributed by atoms with Crippen molar-refractivity contribution in [3.8, 4) is 10.6 Å². The molecule has 1 aliphatic carbocycles. The molecule has 1 fully saturated rings. The Morgan fingerprint density at radius 1 is 1.06 bits per heavy atom. The number of aromatic nitrogens is 4. The van der Waals surface area contributed by atoms with Crippen LogP contribution in [0.2, 0.25) is 0 Å². The number of hydrogen-bond donors (Lipinski definition) is 5. The van der Waals surface area contributed by atoms with Crippen LogP contribution in [0.4, 0.5) is 33.7 Å². The predicted molar refractivity (Wildman–Crippen MR) is 122 cm³/mol. The van der Waals surface area contributed by atoms with Crippen LogP contribution < -0.4 is 10.6 Å². The van der Waals surface area contributed by atoms with E-state index in [1.807, 2.05) is 5.32 Å². The molecule has 1 unspecified atom stereocenters. The van der Waals surface area contributed by atoms with Crippen LogP contribution in [0.3, 0.4) is 0 Å². The molecule has 1 saturated carbocycles. The summed E-state index contributed by atoms with van der Waals surface area (Å²) in [6.45, 7) is 1.13. The molecule has 0 bridgehead atoms. The van der Waals surface area contributed by atoms with Crippen molar-refractivity contribution in [1.29, 1.82) is 0 Å². The number of fused-ring (bicyclic) bond motifs is 1. The van der Waals surface area contributed by atoms with Gasteiger partial charge in [0.05, 0.1) is 40.3 Å². The van der Waals surface area contributed by atoms with E-state index in [1.165, 1.54) is 18.3 Å². The lowest BCUT2D eigenvalue weighted by Gasteiger charge is -2.22. The standard InChI is InChI=1S/C21H23F5N6O3S/c1-8-13(18-31-14-9(2)27-4-3-12(14)36-18)17(30-11-5-10(6-33)15(34)16(11)35)32-19(29-8)28-7-20(22,23)21(24,25)26/h3-4,10-11,15-16,33-35H,5-7H2,1-2H3,(H2,28,29,30,32)/t10-,11?,15-,16+/m1/s1. The Morgan fingerprint density at radius 3 is 2.39 bits per heavy atom. The topological polar surface area (TPSA) is 136 Å². The van der Waals surface area contributed by atoms with Crippen molar-refractivity contribution < 1.29 is 37.3 Å². The van der Waals surface area contributed by atoms with E-state index in [0.29, 0.717) is 21.8 Å². The minimum absolute atomic E-state index is 0.0137. The fraction of sp³-hybridized carbons (Fsp3) is 0.524. The average molecular weight is 535 g/mol. The molecule has 0 amide bonds. The molecule has 4 rings (SSSR count). The van der Waals surface area contributed by atoms with Crippen molar-refractivity contribution in [3.05, 3.63) is 23.7 Å². The van der Waals surface area contributed by atoms with Gasteiger partial charge in [0.25, 0.3) is 0 Å². The van der Waals surface area contributed by atoms with Gasteiger partial charge in [0, 0.05) is 18.7 Å². The van der Waals surface area contributed by atoms with Gasteiger partial charge in [-0.2, -0.15) is 26.9 Å². The number of aliphatic hydroxyl groups excluding tert-OH is 3. The van der Waals surface area contributed by atoms with Crippen LogP contribution in [-0.4, -0.2) is 78.8 Å². The Morgan fingerprint density at radius 2 is 1.78 bits per heavy atom. The third-order valence-corrected chi connectivity index (χ3v) is 7.07. The lowest BCUT2D eigenvalue weighted by Crippen LogP contribution is -2.42. The van der Waals surface area contributed by atoms with E-state index in [-0.39, 0.29) is 24.5 Å². The smallest absolute Gasteiger partial charge is 0.396 e. The van der Waals surface area contributed by atoms with Crippen LogP contribution in [0.5, 0.6) is 0 Å². The van der Waals surface area contributed by atoms with Crippen molar-refractivity contribution in [1.82, 2.24) is 19.9 Å². The Kier molecular flexibility index (Phi) is 7.02. The summed E-state index contributed by atoms with van der Waals surface area (Å²) >= 11 is 1.27. The maximum atomic E-state index is 13.5. The largest absolute Gasteiger partial charge is 0.455 e. The summed E-state index contributed by atoms with van der Waals surface area (Å²) in [5.41, 5.74) is 1.85. The average Bonchev–Trinajstić information content (AvgIpc) is 3.34. The zero-order valence-corrected chi connectivity index (χ0v) is 19.8. The summed E-state index contributed by atoms with van der Waals surface area (Å²) < 4.78 is 65.5. The highest BCUT2D eigenvalue weighted by molar-refractivity contribution is 7.21. The third-order valence-electron chi connectivity index (χ3n) is 6.04. The fourth-order valence-corrected chi connectivity index (χ4v) is 5.13. The van der Waals surface area contributed by atoms with Crippen molar-refractivity contribution in [2.45, 2.75) is 50.6 Å². The van der Waals surface area contributed by atoms with E-state index in [9.17, 15) is 37.3 Å². The minimum Gasteiger partial charge on any atom is -0.396 e. The van der Waals surface area contributed by atoms with Gasteiger partial charge < -0.3 is 26.0 Å². The third kappa shape index (κ3) is 4.92. The molecule has 3 aromatic rings. The Hall–Kier alpha value is -2.75. The Bertz CT molecular complexity index is 1260. The summed E-state index contributed by atoms with van der Waals surface area (Å²) in [5, 5.41) is 35.4. The van der Waals surface area contributed by atoms with E-state index in [4.69, 9.17) is 0 Å².